The maximum Gasteiger partial charge on any atom is 0.119 e. The fourth-order valence-corrected chi connectivity index (χ4v) is 3.01. The SMILES string of the molecule is COc1cccc(Sc2c[nH]c3ccc(C#N)cc23)c1. The topological polar surface area (TPSA) is 48.8 Å². The molecule has 0 amide bonds. The van der Waals surface area contributed by atoms with Crippen LogP contribution in [0.15, 0.2) is 58.5 Å². The Morgan fingerprint density at radius 2 is 2.10 bits per heavy atom. The highest BCUT2D eigenvalue weighted by Crippen LogP contribution is 2.35. The predicted molar refractivity (Wildman–Crippen MR) is 80.1 cm³/mol. The molecule has 2 aromatic carbocycles. The van der Waals surface area contributed by atoms with Gasteiger partial charge in [0.15, 0.2) is 0 Å². The lowest BCUT2D eigenvalue weighted by atomic mass is 10.2. The fraction of sp³-hybridized carbons (Fsp3) is 0.0625. The summed E-state index contributed by atoms with van der Waals surface area (Å²) in [5.41, 5.74) is 1.71. The van der Waals surface area contributed by atoms with E-state index in [9.17, 15) is 0 Å². The van der Waals surface area contributed by atoms with Crippen molar-refractivity contribution >= 4 is 22.7 Å². The van der Waals surface area contributed by atoms with Crippen molar-refractivity contribution in [1.29, 1.82) is 5.26 Å². The minimum absolute atomic E-state index is 0.671. The average molecular weight is 280 g/mol. The number of fused-ring (bicyclic) bond motifs is 1. The van der Waals surface area contributed by atoms with Crippen molar-refractivity contribution in [3.63, 3.8) is 0 Å². The lowest BCUT2D eigenvalue weighted by Gasteiger charge is -2.03. The first-order chi connectivity index (χ1) is 9.80. The van der Waals surface area contributed by atoms with Crippen LogP contribution in [0.3, 0.4) is 0 Å². The van der Waals surface area contributed by atoms with Gasteiger partial charge in [-0.15, -0.1) is 0 Å². The maximum atomic E-state index is 9.00. The second-order valence-electron chi connectivity index (χ2n) is 4.31. The van der Waals surface area contributed by atoms with Crippen molar-refractivity contribution in [3.8, 4) is 11.8 Å². The molecule has 1 N–H and O–H groups in total. The maximum absolute atomic E-state index is 9.00. The van der Waals surface area contributed by atoms with Gasteiger partial charge >= 0.3 is 0 Å². The van der Waals surface area contributed by atoms with Crippen LogP contribution in [0.2, 0.25) is 0 Å². The summed E-state index contributed by atoms with van der Waals surface area (Å²) in [4.78, 5) is 5.43. The van der Waals surface area contributed by atoms with Gasteiger partial charge in [-0.25, -0.2) is 0 Å². The van der Waals surface area contributed by atoms with Gasteiger partial charge in [0.2, 0.25) is 0 Å². The number of aromatic nitrogens is 1. The number of aromatic amines is 1. The molecule has 0 atom stereocenters. The molecule has 20 heavy (non-hydrogen) atoms. The molecule has 0 aliphatic heterocycles. The van der Waals surface area contributed by atoms with Crippen LogP contribution in [0, 0.1) is 11.3 Å². The molecular weight excluding hydrogens is 268 g/mol. The van der Waals surface area contributed by atoms with Gasteiger partial charge in [-0.05, 0) is 36.4 Å². The van der Waals surface area contributed by atoms with E-state index in [1.54, 1.807) is 18.9 Å². The molecule has 0 saturated carbocycles. The average Bonchev–Trinajstić information content (AvgIpc) is 2.89. The predicted octanol–water partition coefficient (Wildman–Crippen LogP) is 4.20. The van der Waals surface area contributed by atoms with Crippen LogP contribution in [0.4, 0.5) is 0 Å². The number of H-pyrrole nitrogens is 1. The molecule has 0 saturated heterocycles. The number of hydrogen-bond donors (Lipinski definition) is 1. The third kappa shape index (κ3) is 2.36. The Kier molecular flexibility index (Phi) is 3.36. The van der Waals surface area contributed by atoms with Crippen molar-refractivity contribution in [2.24, 2.45) is 0 Å². The van der Waals surface area contributed by atoms with Gasteiger partial charge in [-0.1, -0.05) is 17.8 Å². The van der Waals surface area contributed by atoms with E-state index in [0.29, 0.717) is 5.56 Å². The first-order valence-electron chi connectivity index (χ1n) is 6.13. The van der Waals surface area contributed by atoms with E-state index in [1.807, 2.05) is 48.7 Å². The standard InChI is InChI=1S/C16H12N2OS/c1-19-12-3-2-4-13(8-12)20-16-10-18-15-6-5-11(9-17)7-14(15)16/h2-8,10,18H,1H3. The van der Waals surface area contributed by atoms with E-state index in [1.165, 1.54) is 0 Å². The largest absolute Gasteiger partial charge is 0.497 e. The monoisotopic (exact) mass is 280 g/mol. The Labute approximate surface area is 121 Å². The third-order valence-corrected chi connectivity index (χ3v) is 4.09. The molecule has 4 heteroatoms. The van der Waals surface area contributed by atoms with Crippen LogP contribution in [0.5, 0.6) is 5.75 Å². The van der Waals surface area contributed by atoms with Crippen LogP contribution in [-0.2, 0) is 0 Å². The molecule has 0 aliphatic rings. The molecule has 0 unspecified atom stereocenters. The Morgan fingerprint density at radius 1 is 1.20 bits per heavy atom. The van der Waals surface area contributed by atoms with Crippen LogP contribution < -0.4 is 4.74 Å². The molecule has 3 rings (SSSR count). The zero-order valence-electron chi connectivity index (χ0n) is 10.9. The molecule has 0 radical (unpaired) electrons. The summed E-state index contributed by atoms with van der Waals surface area (Å²) in [7, 11) is 1.66. The van der Waals surface area contributed by atoms with Gasteiger partial charge in [0.25, 0.3) is 0 Å². The number of nitrogens with zero attached hydrogens (tertiary/aromatic N) is 1. The fourth-order valence-electron chi connectivity index (χ4n) is 2.04. The molecule has 1 aromatic heterocycles. The molecule has 1 heterocycles. The Morgan fingerprint density at radius 3 is 2.90 bits per heavy atom. The zero-order chi connectivity index (χ0) is 13.9. The summed E-state index contributed by atoms with van der Waals surface area (Å²) in [5, 5.41) is 10.1. The Bertz CT molecular complexity index is 802. The quantitative estimate of drug-likeness (QED) is 0.782. The minimum atomic E-state index is 0.671. The van der Waals surface area contributed by atoms with Gasteiger partial charge in [0.05, 0.1) is 18.7 Å². The Balaban J connectivity index is 2.00. The highest BCUT2D eigenvalue weighted by atomic mass is 32.2. The van der Waals surface area contributed by atoms with E-state index in [0.717, 1.165) is 26.4 Å². The highest BCUT2D eigenvalue weighted by Gasteiger charge is 2.07. The van der Waals surface area contributed by atoms with Crippen LogP contribution in [0.25, 0.3) is 10.9 Å². The number of ether oxygens (including phenoxy) is 1. The number of rotatable bonds is 3. The summed E-state index contributed by atoms with van der Waals surface area (Å²) < 4.78 is 5.23. The summed E-state index contributed by atoms with van der Waals surface area (Å²) >= 11 is 1.65. The molecule has 3 nitrogen and oxygen atoms in total. The number of hydrogen-bond acceptors (Lipinski definition) is 3. The Hall–Kier alpha value is -2.38. The lowest BCUT2D eigenvalue weighted by molar-refractivity contribution is 0.413. The van der Waals surface area contributed by atoms with Gasteiger partial charge in [-0.2, -0.15) is 5.26 Å². The van der Waals surface area contributed by atoms with Gasteiger partial charge < -0.3 is 9.72 Å². The van der Waals surface area contributed by atoms with Crippen molar-refractivity contribution < 1.29 is 4.74 Å². The van der Waals surface area contributed by atoms with E-state index >= 15 is 0 Å². The minimum Gasteiger partial charge on any atom is -0.497 e. The second-order valence-corrected chi connectivity index (χ2v) is 5.42. The van der Waals surface area contributed by atoms with Crippen molar-refractivity contribution in [3.05, 3.63) is 54.2 Å². The van der Waals surface area contributed by atoms with Crippen molar-refractivity contribution in [2.75, 3.05) is 7.11 Å². The molecule has 0 fully saturated rings. The zero-order valence-corrected chi connectivity index (χ0v) is 11.7. The summed E-state index contributed by atoms with van der Waals surface area (Å²) in [6, 6.07) is 15.8. The molecule has 0 spiro atoms. The van der Waals surface area contributed by atoms with Crippen molar-refractivity contribution in [1.82, 2.24) is 4.98 Å². The first-order valence-corrected chi connectivity index (χ1v) is 6.95. The molecule has 0 bridgehead atoms. The van der Waals surface area contributed by atoms with E-state index in [4.69, 9.17) is 10.00 Å². The van der Waals surface area contributed by atoms with Crippen LogP contribution in [0.1, 0.15) is 5.56 Å². The second kappa shape index (κ2) is 5.32. The molecular formula is C16H12N2OS. The molecule has 0 aliphatic carbocycles. The van der Waals surface area contributed by atoms with E-state index < -0.39 is 0 Å². The van der Waals surface area contributed by atoms with E-state index in [-0.39, 0.29) is 0 Å². The first kappa shape index (κ1) is 12.6. The van der Waals surface area contributed by atoms with Gasteiger partial charge in [-0.3, -0.25) is 0 Å². The van der Waals surface area contributed by atoms with Crippen LogP contribution >= 0.6 is 11.8 Å². The smallest absolute Gasteiger partial charge is 0.119 e. The number of nitriles is 1. The molecule has 98 valence electrons. The van der Waals surface area contributed by atoms with Crippen molar-refractivity contribution in [2.45, 2.75) is 9.79 Å². The number of benzene rings is 2. The summed E-state index contributed by atoms with van der Waals surface area (Å²) in [6.45, 7) is 0. The summed E-state index contributed by atoms with van der Waals surface area (Å²) in [6.07, 6.45) is 1.97. The van der Waals surface area contributed by atoms with Gasteiger partial charge in [0, 0.05) is 26.9 Å². The third-order valence-electron chi connectivity index (χ3n) is 3.04. The number of nitrogens with one attached hydrogen (secondary N) is 1. The highest BCUT2D eigenvalue weighted by molar-refractivity contribution is 7.99. The van der Waals surface area contributed by atoms with Crippen LogP contribution in [-0.4, -0.2) is 12.1 Å². The van der Waals surface area contributed by atoms with Gasteiger partial charge in [0.1, 0.15) is 5.75 Å². The normalized spacial score (nSPS) is 10.4. The summed E-state index contributed by atoms with van der Waals surface area (Å²) in [5.74, 6) is 0.840. The number of methoxy groups -OCH3 is 1. The molecule has 3 aromatic rings. The lowest BCUT2D eigenvalue weighted by Crippen LogP contribution is -1.82. The van der Waals surface area contributed by atoms with E-state index in [2.05, 4.69) is 11.1 Å².